The lowest BCUT2D eigenvalue weighted by molar-refractivity contribution is -0.123. The van der Waals surface area contributed by atoms with E-state index in [0.29, 0.717) is 24.1 Å². The van der Waals surface area contributed by atoms with Gasteiger partial charge in [0.15, 0.2) is 0 Å². The maximum Gasteiger partial charge on any atom is 0.265 e. The zero-order valence-electron chi connectivity index (χ0n) is 12.9. The number of hydrogen-bond acceptors (Lipinski definition) is 6. The quantitative estimate of drug-likeness (QED) is 0.915. The van der Waals surface area contributed by atoms with Crippen molar-refractivity contribution < 1.29 is 9.32 Å². The van der Waals surface area contributed by atoms with Crippen LogP contribution >= 0.6 is 0 Å². The molecule has 0 atom stereocenters. The second kappa shape index (κ2) is 5.55. The minimum atomic E-state index is -0.449. The van der Waals surface area contributed by atoms with Crippen LogP contribution in [-0.4, -0.2) is 39.9 Å². The average molecular weight is 292 g/mol. The molecule has 2 heterocycles. The van der Waals surface area contributed by atoms with Crippen molar-refractivity contribution in [1.29, 1.82) is 0 Å². The summed E-state index contributed by atoms with van der Waals surface area (Å²) >= 11 is 0. The number of anilines is 2. The van der Waals surface area contributed by atoms with E-state index in [0.717, 1.165) is 0 Å². The first-order valence-electron chi connectivity index (χ1n) is 6.59. The summed E-state index contributed by atoms with van der Waals surface area (Å²) in [5.74, 6) is 0.906. The van der Waals surface area contributed by atoms with E-state index in [-0.39, 0.29) is 5.91 Å². The first kappa shape index (κ1) is 15.0. The molecular weight excluding hydrogens is 272 g/mol. The molecule has 0 spiro atoms. The van der Waals surface area contributed by atoms with E-state index in [2.05, 4.69) is 20.6 Å². The van der Waals surface area contributed by atoms with Gasteiger partial charge in [0.1, 0.15) is 6.54 Å². The molecule has 2 rings (SSSR count). The fourth-order valence-electron chi connectivity index (χ4n) is 1.46. The van der Waals surface area contributed by atoms with Gasteiger partial charge in [-0.05, 0) is 5.16 Å². The van der Waals surface area contributed by atoms with Crippen LogP contribution in [0.25, 0.3) is 0 Å². The summed E-state index contributed by atoms with van der Waals surface area (Å²) in [6.45, 7) is 5.92. The Morgan fingerprint density at radius 2 is 2.14 bits per heavy atom. The van der Waals surface area contributed by atoms with Crippen LogP contribution in [0.4, 0.5) is 11.6 Å². The zero-order chi connectivity index (χ0) is 15.6. The number of aromatic nitrogens is 4. The van der Waals surface area contributed by atoms with Crippen molar-refractivity contribution in [3.05, 3.63) is 18.3 Å². The normalized spacial score (nSPS) is 11.5. The van der Waals surface area contributed by atoms with Gasteiger partial charge in [0.25, 0.3) is 5.95 Å². The average Bonchev–Trinajstić information content (AvgIpc) is 2.98. The van der Waals surface area contributed by atoms with Crippen LogP contribution in [0.5, 0.6) is 0 Å². The van der Waals surface area contributed by atoms with E-state index in [4.69, 9.17) is 4.52 Å². The molecule has 2 aromatic rings. The van der Waals surface area contributed by atoms with Crippen LogP contribution in [0.3, 0.4) is 0 Å². The van der Waals surface area contributed by atoms with Crippen LogP contribution in [0.2, 0.25) is 0 Å². The molecule has 0 aliphatic rings. The Bertz CT molecular complexity index is 623. The molecular formula is C13H20N6O2. The third kappa shape index (κ3) is 3.80. The first-order chi connectivity index (χ1) is 9.75. The highest BCUT2D eigenvalue weighted by Gasteiger charge is 2.21. The van der Waals surface area contributed by atoms with Crippen molar-refractivity contribution in [3.63, 3.8) is 0 Å². The zero-order valence-corrected chi connectivity index (χ0v) is 12.9. The Hall–Kier alpha value is -2.38. The van der Waals surface area contributed by atoms with E-state index < -0.39 is 5.41 Å². The molecule has 0 aliphatic carbocycles. The molecule has 114 valence electrons. The highest BCUT2D eigenvalue weighted by atomic mass is 16.5. The van der Waals surface area contributed by atoms with E-state index in [1.165, 1.54) is 0 Å². The van der Waals surface area contributed by atoms with Gasteiger partial charge in [0.2, 0.25) is 11.8 Å². The number of amides is 1. The summed E-state index contributed by atoms with van der Waals surface area (Å²) in [4.78, 5) is 17.9. The Morgan fingerprint density at radius 3 is 2.71 bits per heavy atom. The van der Waals surface area contributed by atoms with Crippen molar-refractivity contribution >= 4 is 17.5 Å². The molecule has 0 fully saturated rings. The van der Waals surface area contributed by atoms with Crippen LogP contribution in [0.15, 0.2) is 16.9 Å². The molecule has 0 saturated heterocycles. The number of carbonyl (C=O) groups is 1. The SMILES string of the molecule is CN(C)c1noc(Cn2cc(NC(=O)C(C)(C)C)cn2)n1. The molecule has 21 heavy (non-hydrogen) atoms. The second-order valence-corrected chi connectivity index (χ2v) is 6.01. The summed E-state index contributed by atoms with van der Waals surface area (Å²) < 4.78 is 6.75. The van der Waals surface area contributed by atoms with Crippen molar-refractivity contribution in [3.8, 4) is 0 Å². The van der Waals surface area contributed by atoms with Crippen molar-refractivity contribution in [2.75, 3.05) is 24.3 Å². The van der Waals surface area contributed by atoms with Gasteiger partial charge in [-0.25, -0.2) is 0 Å². The summed E-state index contributed by atoms with van der Waals surface area (Å²) in [7, 11) is 3.67. The van der Waals surface area contributed by atoms with Gasteiger partial charge in [0.05, 0.1) is 11.9 Å². The number of nitrogens with zero attached hydrogens (tertiary/aromatic N) is 5. The van der Waals surface area contributed by atoms with Gasteiger partial charge >= 0.3 is 0 Å². The number of nitrogens with one attached hydrogen (secondary N) is 1. The Labute approximate surface area is 123 Å². The molecule has 8 heteroatoms. The largest absolute Gasteiger partial charge is 0.344 e. The predicted molar refractivity (Wildman–Crippen MR) is 78.0 cm³/mol. The maximum absolute atomic E-state index is 11.9. The van der Waals surface area contributed by atoms with E-state index in [1.54, 1.807) is 22.0 Å². The Kier molecular flexibility index (Phi) is 3.97. The summed E-state index contributed by atoms with van der Waals surface area (Å²) in [5, 5.41) is 10.8. The topological polar surface area (TPSA) is 89.1 Å². The fraction of sp³-hybridized carbons (Fsp3) is 0.538. The van der Waals surface area contributed by atoms with Crippen LogP contribution < -0.4 is 10.2 Å². The third-order valence-electron chi connectivity index (χ3n) is 2.73. The highest BCUT2D eigenvalue weighted by molar-refractivity contribution is 5.94. The van der Waals surface area contributed by atoms with Crippen molar-refractivity contribution in [2.45, 2.75) is 27.3 Å². The molecule has 1 N–H and O–H groups in total. The summed E-state index contributed by atoms with van der Waals surface area (Å²) in [6.07, 6.45) is 3.32. The van der Waals surface area contributed by atoms with Gasteiger partial charge in [-0.2, -0.15) is 10.1 Å². The first-order valence-corrected chi connectivity index (χ1v) is 6.59. The van der Waals surface area contributed by atoms with Crippen LogP contribution in [0.1, 0.15) is 26.7 Å². The van der Waals surface area contributed by atoms with Gasteiger partial charge < -0.3 is 14.7 Å². The van der Waals surface area contributed by atoms with Crippen molar-refractivity contribution in [1.82, 2.24) is 19.9 Å². The molecule has 0 saturated carbocycles. The summed E-state index contributed by atoms with van der Waals surface area (Å²) in [5.41, 5.74) is 0.192. The predicted octanol–water partition coefficient (Wildman–Crippen LogP) is 1.36. The van der Waals surface area contributed by atoms with E-state index in [9.17, 15) is 4.79 Å². The molecule has 1 amide bonds. The number of rotatable bonds is 4. The molecule has 2 aromatic heterocycles. The van der Waals surface area contributed by atoms with Crippen LogP contribution in [-0.2, 0) is 11.3 Å². The van der Waals surface area contributed by atoms with E-state index in [1.807, 2.05) is 34.9 Å². The minimum Gasteiger partial charge on any atom is -0.344 e. The molecule has 0 unspecified atom stereocenters. The maximum atomic E-state index is 11.9. The third-order valence-corrected chi connectivity index (χ3v) is 2.73. The lowest BCUT2D eigenvalue weighted by Gasteiger charge is -2.16. The van der Waals surface area contributed by atoms with Crippen LogP contribution in [0, 0.1) is 5.41 Å². The molecule has 0 radical (unpaired) electrons. The molecule has 0 bridgehead atoms. The van der Waals surface area contributed by atoms with Gasteiger partial charge in [0, 0.05) is 25.7 Å². The van der Waals surface area contributed by atoms with Gasteiger partial charge in [-0.1, -0.05) is 20.8 Å². The van der Waals surface area contributed by atoms with Gasteiger partial charge in [-0.15, -0.1) is 0 Å². The smallest absolute Gasteiger partial charge is 0.265 e. The van der Waals surface area contributed by atoms with Crippen molar-refractivity contribution in [2.24, 2.45) is 5.41 Å². The monoisotopic (exact) mass is 292 g/mol. The van der Waals surface area contributed by atoms with E-state index >= 15 is 0 Å². The molecule has 0 aromatic carbocycles. The lowest BCUT2D eigenvalue weighted by atomic mass is 9.96. The fourth-order valence-corrected chi connectivity index (χ4v) is 1.46. The number of hydrogen-bond donors (Lipinski definition) is 1. The summed E-state index contributed by atoms with van der Waals surface area (Å²) in [6, 6.07) is 0. The molecule has 8 nitrogen and oxygen atoms in total. The second-order valence-electron chi connectivity index (χ2n) is 6.01. The molecule has 0 aliphatic heterocycles. The Morgan fingerprint density at radius 1 is 1.43 bits per heavy atom. The number of carbonyl (C=O) groups excluding carboxylic acids is 1. The highest BCUT2D eigenvalue weighted by Crippen LogP contribution is 2.17. The Balaban J connectivity index is 2.01. The standard InChI is InChI=1S/C13H20N6O2/c1-13(2,3)11(20)15-9-6-14-19(7-9)8-10-16-12(17-21-10)18(4)5/h6-7H,8H2,1-5H3,(H,15,20). The van der Waals surface area contributed by atoms with Gasteiger partial charge in [-0.3, -0.25) is 9.48 Å². The minimum absolute atomic E-state index is 0.0604. The lowest BCUT2D eigenvalue weighted by Crippen LogP contribution is -2.27.